The van der Waals surface area contributed by atoms with E-state index in [9.17, 15) is 0 Å². The molecule has 0 aliphatic heterocycles. The van der Waals surface area contributed by atoms with E-state index in [-0.39, 0.29) is 5.41 Å². The van der Waals surface area contributed by atoms with E-state index in [1.54, 1.807) is 0 Å². The molecule has 0 amide bonds. The van der Waals surface area contributed by atoms with Crippen LogP contribution in [0.5, 0.6) is 0 Å². The van der Waals surface area contributed by atoms with Gasteiger partial charge in [-0.15, -0.1) is 0 Å². The molecule has 0 saturated carbocycles. The molecule has 0 spiro atoms. The van der Waals surface area contributed by atoms with Crippen molar-refractivity contribution in [2.24, 2.45) is 0 Å². The molecule has 1 aromatic heterocycles. The molecular formula is C63H44OSi. The molecule has 306 valence electrons. The number of rotatable bonds is 6. The Kier molecular flexibility index (Phi) is 8.34. The Morgan fingerprint density at radius 1 is 0.369 bits per heavy atom. The number of hydrogen-bond donors (Lipinski definition) is 0. The Hall–Kier alpha value is -7.78. The summed E-state index contributed by atoms with van der Waals surface area (Å²) in [6.07, 6.45) is 0. The molecule has 65 heavy (non-hydrogen) atoms. The van der Waals surface area contributed by atoms with Crippen LogP contribution >= 0.6 is 0 Å². The van der Waals surface area contributed by atoms with Crippen molar-refractivity contribution < 1.29 is 4.42 Å². The highest BCUT2D eigenvalue weighted by atomic mass is 28.3. The maximum atomic E-state index is 6.86. The van der Waals surface area contributed by atoms with Crippen LogP contribution in [-0.2, 0) is 5.41 Å². The van der Waals surface area contributed by atoms with Gasteiger partial charge in [-0.05, 0) is 116 Å². The Labute approximate surface area is 379 Å². The third-order valence-corrected chi connectivity index (χ3v) is 19.4. The van der Waals surface area contributed by atoms with Crippen LogP contribution in [0.1, 0.15) is 25.0 Å². The minimum absolute atomic E-state index is 0.176. The van der Waals surface area contributed by atoms with Gasteiger partial charge in [0.15, 0.2) is 8.07 Å². The summed E-state index contributed by atoms with van der Waals surface area (Å²) in [5, 5.41) is 15.3. The van der Waals surface area contributed by atoms with Crippen LogP contribution < -0.4 is 20.7 Å². The molecule has 1 aliphatic rings. The summed E-state index contributed by atoms with van der Waals surface area (Å²) < 4.78 is 6.86. The van der Waals surface area contributed by atoms with Gasteiger partial charge >= 0.3 is 0 Å². The van der Waals surface area contributed by atoms with Gasteiger partial charge in [-0.2, -0.15) is 0 Å². The van der Waals surface area contributed by atoms with Crippen LogP contribution in [0.15, 0.2) is 235 Å². The number of benzene rings is 11. The lowest BCUT2D eigenvalue weighted by molar-refractivity contribution is 0.666. The predicted molar refractivity (Wildman–Crippen MR) is 278 cm³/mol. The van der Waals surface area contributed by atoms with E-state index in [1.165, 1.54) is 103 Å². The molecule has 0 bridgehead atoms. The first kappa shape index (κ1) is 37.7. The van der Waals surface area contributed by atoms with E-state index < -0.39 is 8.07 Å². The van der Waals surface area contributed by atoms with E-state index in [2.05, 4.69) is 244 Å². The third-order valence-electron chi connectivity index (χ3n) is 14.6. The summed E-state index contributed by atoms with van der Waals surface area (Å²) in [5.41, 5.74) is 12.1. The summed E-state index contributed by atoms with van der Waals surface area (Å²) in [6, 6.07) is 86.2. The second kappa shape index (κ2) is 14.4. The summed E-state index contributed by atoms with van der Waals surface area (Å²) in [4.78, 5) is 0. The number of para-hydroxylation sites is 1. The SMILES string of the molecule is CC1(C)c2cc(-c3c4ccccc4c(-c4ccc5oc6ccccc6c5c4[Si](c4ccccc4)(c4ccccc4)c4ccccc4)c4ccccc34)ccc2-c2ccc3ccccc3c21. The van der Waals surface area contributed by atoms with E-state index in [4.69, 9.17) is 4.42 Å². The topological polar surface area (TPSA) is 13.1 Å². The minimum atomic E-state index is -3.16. The predicted octanol–water partition coefficient (Wildman–Crippen LogP) is 14.1. The van der Waals surface area contributed by atoms with Crippen LogP contribution in [0.2, 0.25) is 0 Å². The molecule has 0 radical (unpaired) electrons. The fourth-order valence-electron chi connectivity index (χ4n) is 11.9. The van der Waals surface area contributed by atoms with Gasteiger partial charge in [-0.25, -0.2) is 0 Å². The second-order valence-corrected chi connectivity index (χ2v) is 22.0. The van der Waals surface area contributed by atoms with Gasteiger partial charge in [0.05, 0.1) is 0 Å². The molecule has 13 rings (SSSR count). The van der Waals surface area contributed by atoms with Crippen molar-refractivity contribution in [2.75, 3.05) is 0 Å². The van der Waals surface area contributed by atoms with Gasteiger partial charge in [0.25, 0.3) is 0 Å². The van der Waals surface area contributed by atoms with Crippen LogP contribution in [0, 0.1) is 0 Å². The van der Waals surface area contributed by atoms with Gasteiger partial charge in [-0.1, -0.05) is 226 Å². The van der Waals surface area contributed by atoms with Crippen molar-refractivity contribution in [3.8, 4) is 33.4 Å². The van der Waals surface area contributed by atoms with Gasteiger partial charge in [0, 0.05) is 16.2 Å². The average molecular weight is 845 g/mol. The van der Waals surface area contributed by atoms with Gasteiger partial charge in [-0.3, -0.25) is 0 Å². The molecule has 0 fully saturated rings. The summed E-state index contributed by atoms with van der Waals surface area (Å²) in [6.45, 7) is 4.82. The molecule has 0 unspecified atom stereocenters. The van der Waals surface area contributed by atoms with E-state index in [0.717, 1.165) is 16.6 Å². The first-order valence-corrected chi connectivity index (χ1v) is 24.8. The maximum Gasteiger partial charge on any atom is 0.181 e. The van der Waals surface area contributed by atoms with Crippen LogP contribution in [0.3, 0.4) is 0 Å². The van der Waals surface area contributed by atoms with Crippen LogP contribution in [-0.4, -0.2) is 8.07 Å². The zero-order chi connectivity index (χ0) is 43.3. The van der Waals surface area contributed by atoms with E-state index in [0.29, 0.717) is 0 Å². The molecule has 2 heteroatoms. The largest absolute Gasteiger partial charge is 0.456 e. The summed E-state index contributed by atoms with van der Waals surface area (Å²) in [5.74, 6) is 0. The van der Waals surface area contributed by atoms with Crippen molar-refractivity contribution in [3.05, 3.63) is 242 Å². The Morgan fingerprint density at radius 3 is 1.45 bits per heavy atom. The standard InChI is InChI=1S/C63H44OSi/c1-63(2)55-40-42(35-36-47(55)52-37-34-41-20-12-13-27-46(41)61(52)63)58-48-28-14-16-30-50(48)59(51-31-17-15-29-49(51)58)54-38-39-57-60(53-32-18-19-33-56(53)64-57)62(54)65(43-21-6-3-7-22-43,44-23-8-4-9-24-44)45-25-10-5-11-26-45/h3-40H,1-2H3. The fraction of sp³-hybridized carbons (Fsp3) is 0.0476. The summed E-state index contributed by atoms with van der Waals surface area (Å²) in [7, 11) is -3.16. The zero-order valence-corrected chi connectivity index (χ0v) is 37.3. The fourth-order valence-corrected chi connectivity index (χ4v) is 17.1. The number of hydrogen-bond acceptors (Lipinski definition) is 1. The lowest BCUT2D eigenvalue weighted by Crippen LogP contribution is -2.75. The van der Waals surface area contributed by atoms with Crippen molar-refractivity contribution in [1.29, 1.82) is 0 Å². The molecule has 11 aromatic carbocycles. The van der Waals surface area contributed by atoms with E-state index in [1.807, 2.05) is 0 Å². The Bertz CT molecular complexity index is 3690. The molecule has 0 N–H and O–H groups in total. The number of fused-ring (bicyclic) bond motifs is 10. The van der Waals surface area contributed by atoms with Crippen LogP contribution in [0.25, 0.3) is 87.6 Å². The quantitative estimate of drug-likeness (QED) is 0.0923. The van der Waals surface area contributed by atoms with Gasteiger partial charge < -0.3 is 4.42 Å². The Balaban J connectivity index is 1.17. The molecule has 1 heterocycles. The molecule has 12 aromatic rings. The highest BCUT2D eigenvalue weighted by Gasteiger charge is 2.45. The average Bonchev–Trinajstić information content (AvgIpc) is 3.86. The minimum Gasteiger partial charge on any atom is -0.456 e. The monoisotopic (exact) mass is 844 g/mol. The first-order valence-electron chi connectivity index (χ1n) is 22.8. The van der Waals surface area contributed by atoms with Crippen molar-refractivity contribution in [2.45, 2.75) is 19.3 Å². The molecule has 0 saturated heterocycles. The van der Waals surface area contributed by atoms with Crippen molar-refractivity contribution in [3.63, 3.8) is 0 Å². The summed E-state index contributed by atoms with van der Waals surface area (Å²) >= 11 is 0. The molecule has 1 aliphatic carbocycles. The highest BCUT2D eigenvalue weighted by Crippen LogP contribution is 2.53. The van der Waals surface area contributed by atoms with Crippen molar-refractivity contribution >= 4 is 83.1 Å². The van der Waals surface area contributed by atoms with Crippen LogP contribution in [0.4, 0.5) is 0 Å². The molecular weight excluding hydrogens is 801 g/mol. The Morgan fingerprint density at radius 2 is 0.846 bits per heavy atom. The third kappa shape index (κ3) is 5.38. The highest BCUT2D eigenvalue weighted by molar-refractivity contribution is 7.21. The first-order chi connectivity index (χ1) is 32.0. The van der Waals surface area contributed by atoms with Gasteiger partial charge in [0.1, 0.15) is 11.2 Å². The maximum absolute atomic E-state index is 6.86. The van der Waals surface area contributed by atoms with Gasteiger partial charge in [0.2, 0.25) is 0 Å². The lowest BCUT2D eigenvalue weighted by Gasteiger charge is -2.37. The second-order valence-electron chi connectivity index (χ2n) is 18.2. The molecule has 0 atom stereocenters. The van der Waals surface area contributed by atoms with Crippen molar-refractivity contribution in [1.82, 2.24) is 0 Å². The smallest absolute Gasteiger partial charge is 0.181 e. The zero-order valence-electron chi connectivity index (χ0n) is 36.3. The normalized spacial score (nSPS) is 13.2. The molecule has 1 nitrogen and oxygen atoms in total. The van der Waals surface area contributed by atoms with E-state index >= 15 is 0 Å². The lowest BCUT2D eigenvalue weighted by atomic mass is 9.79. The number of furan rings is 1.